The standard InChI is InChI=1S/C9H10O3/c1-12-6-7-3-2-4-8(5-7)9(10)11/h2-5H,6H2,1H3,(H,10,11)/p-1. The Kier molecular flexibility index (Phi) is 2.82. The van der Waals surface area contributed by atoms with Crippen molar-refractivity contribution in [2.75, 3.05) is 7.11 Å². The van der Waals surface area contributed by atoms with Gasteiger partial charge < -0.3 is 14.6 Å². The summed E-state index contributed by atoms with van der Waals surface area (Å²) in [6, 6.07) is 6.50. The maximum Gasteiger partial charge on any atom is 0.0715 e. The van der Waals surface area contributed by atoms with Crippen molar-refractivity contribution >= 4 is 5.97 Å². The van der Waals surface area contributed by atoms with E-state index in [4.69, 9.17) is 4.74 Å². The molecular formula is C9H9O3-. The summed E-state index contributed by atoms with van der Waals surface area (Å²) in [4.78, 5) is 10.4. The van der Waals surface area contributed by atoms with Crippen LogP contribution < -0.4 is 5.11 Å². The minimum absolute atomic E-state index is 0.185. The molecule has 0 radical (unpaired) electrons. The second-order valence-corrected chi connectivity index (χ2v) is 2.42. The van der Waals surface area contributed by atoms with Gasteiger partial charge in [0.1, 0.15) is 0 Å². The van der Waals surface area contributed by atoms with Gasteiger partial charge in [-0.3, -0.25) is 0 Å². The number of carboxylic acids is 1. The predicted molar refractivity (Wildman–Crippen MR) is 41.5 cm³/mol. The highest BCUT2D eigenvalue weighted by Gasteiger charge is 1.95. The number of carbonyl (C=O) groups is 1. The Balaban J connectivity index is 2.88. The van der Waals surface area contributed by atoms with Crippen molar-refractivity contribution in [1.29, 1.82) is 0 Å². The molecule has 12 heavy (non-hydrogen) atoms. The lowest BCUT2D eigenvalue weighted by Gasteiger charge is -2.04. The molecule has 0 saturated heterocycles. The van der Waals surface area contributed by atoms with Gasteiger partial charge in [0.05, 0.1) is 12.6 Å². The number of carboxylic acid groups (broad SMARTS) is 1. The molecule has 0 bridgehead atoms. The Morgan fingerprint density at radius 2 is 2.33 bits per heavy atom. The summed E-state index contributed by atoms with van der Waals surface area (Å²) in [5.41, 5.74) is 1.02. The molecule has 0 aliphatic heterocycles. The third-order valence-corrected chi connectivity index (χ3v) is 1.47. The van der Waals surface area contributed by atoms with Crippen molar-refractivity contribution in [2.24, 2.45) is 0 Å². The first-order valence-electron chi connectivity index (χ1n) is 3.53. The topological polar surface area (TPSA) is 49.4 Å². The maximum atomic E-state index is 10.4. The average Bonchev–Trinajstić information content (AvgIpc) is 2.05. The third-order valence-electron chi connectivity index (χ3n) is 1.47. The van der Waals surface area contributed by atoms with Crippen molar-refractivity contribution in [3.8, 4) is 0 Å². The molecule has 0 N–H and O–H groups in total. The average molecular weight is 165 g/mol. The second-order valence-electron chi connectivity index (χ2n) is 2.42. The lowest BCUT2D eigenvalue weighted by molar-refractivity contribution is -0.255. The molecule has 0 spiro atoms. The first-order valence-corrected chi connectivity index (χ1v) is 3.53. The fourth-order valence-electron chi connectivity index (χ4n) is 0.955. The number of ether oxygens (including phenoxy) is 1. The molecule has 1 aromatic rings. The van der Waals surface area contributed by atoms with Crippen molar-refractivity contribution in [3.05, 3.63) is 35.4 Å². The fourth-order valence-corrected chi connectivity index (χ4v) is 0.955. The molecule has 0 heterocycles. The summed E-state index contributed by atoms with van der Waals surface area (Å²) < 4.78 is 4.85. The molecule has 0 fully saturated rings. The van der Waals surface area contributed by atoms with Crippen molar-refractivity contribution in [1.82, 2.24) is 0 Å². The molecule has 0 amide bonds. The van der Waals surface area contributed by atoms with E-state index in [-0.39, 0.29) is 5.56 Å². The number of aromatic carboxylic acids is 1. The summed E-state index contributed by atoms with van der Waals surface area (Å²) in [5, 5.41) is 10.4. The van der Waals surface area contributed by atoms with Crippen LogP contribution in [0, 0.1) is 0 Å². The van der Waals surface area contributed by atoms with Crippen LogP contribution in [-0.4, -0.2) is 13.1 Å². The Labute approximate surface area is 70.6 Å². The molecule has 0 aliphatic carbocycles. The van der Waals surface area contributed by atoms with Crippen LogP contribution in [0.15, 0.2) is 24.3 Å². The van der Waals surface area contributed by atoms with E-state index in [0.29, 0.717) is 6.61 Å². The molecule has 0 unspecified atom stereocenters. The monoisotopic (exact) mass is 165 g/mol. The van der Waals surface area contributed by atoms with Crippen LogP contribution in [0.25, 0.3) is 0 Å². The van der Waals surface area contributed by atoms with Crippen LogP contribution in [0.2, 0.25) is 0 Å². The first-order chi connectivity index (χ1) is 5.74. The summed E-state index contributed by atoms with van der Waals surface area (Å²) in [6.45, 7) is 0.418. The van der Waals surface area contributed by atoms with Crippen LogP contribution in [-0.2, 0) is 11.3 Å². The van der Waals surface area contributed by atoms with Crippen LogP contribution in [0.3, 0.4) is 0 Å². The van der Waals surface area contributed by atoms with E-state index >= 15 is 0 Å². The molecule has 3 nitrogen and oxygen atoms in total. The highest BCUT2D eigenvalue weighted by molar-refractivity contribution is 5.85. The number of carbonyl (C=O) groups excluding carboxylic acids is 1. The molecule has 3 heteroatoms. The maximum absolute atomic E-state index is 10.4. The molecule has 0 aliphatic rings. The fraction of sp³-hybridized carbons (Fsp3) is 0.222. The van der Waals surface area contributed by atoms with Gasteiger partial charge in [-0.15, -0.1) is 0 Å². The van der Waals surface area contributed by atoms with Crippen LogP contribution in [0.5, 0.6) is 0 Å². The third kappa shape index (κ3) is 2.07. The smallest absolute Gasteiger partial charge is 0.0715 e. The number of methoxy groups -OCH3 is 1. The Morgan fingerprint density at radius 3 is 2.92 bits per heavy atom. The van der Waals surface area contributed by atoms with E-state index in [2.05, 4.69) is 0 Å². The van der Waals surface area contributed by atoms with E-state index in [1.165, 1.54) is 6.07 Å². The van der Waals surface area contributed by atoms with E-state index in [9.17, 15) is 9.90 Å². The highest BCUT2D eigenvalue weighted by Crippen LogP contribution is 2.04. The minimum atomic E-state index is -1.16. The van der Waals surface area contributed by atoms with Gasteiger partial charge in [-0.1, -0.05) is 18.2 Å². The van der Waals surface area contributed by atoms with Gasteiger partial charge in [-0.25, -0.2) is 0 Å². The second kappa shape index (κ2) is 3.88. The van der Waals surface area contributed by atoms with Crippen molar-refractivity contribution in [2.45, 2.75) is 6.61 Å². The van der Waals surface area contributed by atoms with Crippen molar-refractivity contribution in [3.63, 3.8) is 0 Å². The van der Waals surface area contributed by atoms with Gasteiger partial charge in [-0.2, -0.15) is 0 Å². The van der Waals surface area contributed by atoms with Gasteiger partial charge in [0, 0.05) is 7.11 Å². The molecule has 0 saturated carbocycles. The number of hydrogen-bond acceptors (Lipinski definition) is 3. The van der Waals surface area contributed by atoms with Crippen molar-refractivity contribution < 1.29 is 14.6 Å². The molecule has 64 valence electrons. The van der Waals surface area contributed by atoms with Gasteiger partial charge >= 0.3 is 0 Å². The molecular weight excluding hydrogens is 156 g/mol. The molecule has 0 atom stereocenters. The van der Waals surface area contributed by atoms with Crippen LogP contribution in [0.1, 0.15) is 15.9 Å². The lowest BCUT2D eigenvalue weighted by Crippen LogP contribution is -2.22. The summed E-state index contributed by atoms with van der Waals surface area (Å²) >= 11 is 0. The van der Waals surface area contributed by atoms with Gasteiger partial charge in [0.2, 0.25) is 0 Å². The van der Waals surface area contributed by atoms with E-state index < -0.39 is 5.97 Å². The summed E-state index contributed by atoms with van der Waals surface area (Å²) in [7, 11) is 1.56. The van der Waals surface area contributed by atoms with E-state index in [1.807, 2.05) is 0 Å². The van der Waals surface area contributed by atoms with Crippen LogP contribution >= 0.6 is 0 Å². The normalized spacial score (nSPS) is 9.75. The molecule has 1 rings (SSSR count). The Morgan fingerprint density at radius 1 is 1.58 bits per heavy atom. The largest absolute Gasteiger partial charge is 0.545 e. The minimum Gasteiger partial charge on any atom is -0.545 e. The number of rotatable bonds is 3. The zero-order valence-electron chi connectivity index (χ0n) is 6.74. The quantitative estimate of drug-likeness (QED) is 0.642. The highest BCUT2D eigenvalue weighted by atomic mass is 16.5. The number of hydrogen-bond donors (Lipinski definition) is 0. The zero-order chi connectivity index (χ0) is 8.97. The lowest BCUT2D eigenvalue weighted by atomic mass is 10.1. The SMILES string of the molecule is COCc1cccc(C(=O)[O-])c1. The molecule has 0 aromatic heterocycles. The predicted octanol–water partition coefficient (Wildman–Crippen LogP) is 0.197. The van der Waals surface area contributed by atoms with Gasteiger partial charge in [-0.05, 0) is 17.2 Å². The van der Waals surface area contributed by atoms with Gasteiger partial charge in [0.15, 0.2) is 0 Å². The Hall–Kier alpha value is -1.35. The summed E-state index contributed by atoms with van der Waals surface area (Å²) in [6.07, 6.45) is 0. The molecule has 1 aromatic carbocycles. The Bertz CT molecular complexity index is 281. The zero-order valence-corrected chi connectivity index (χ0v) is 6.74. The summed E-state index contributed by atoms with van der Waals surface area (Å²) in [5.74, 6) is -1.16. The first kappa shape index (κ1) is 8.74. The van der Waals surface area contributed by atoms with Crippen LogP contribution in [0.4, 0.5) is 0 Å². The number of benzene rings is 1. The van der Waals surface area contributed by atoms with Gasteiger partial charge in [0.25, 0.3) is 0 Å². The van der Waals surface area contributed by atoms with E-state index in [1.54, 1.807) is 25.3 Å². The van der Waals surface area contributed by atoms with E-state index in [0.717, 1.165) is 5.56 Å².